The SMILES string of the molecule is CCCCCCCCCC(=O)N1CCSCC1. The van der Waals surface area contributed by atoms with Crippen molar-refractivity contribution >= 4 is 17.7 Å². The molecule has 0 atom stereocenters. The molecule has 0 radical (unpaired) electrons. The molecule has 3 heteroatoms. The molecule has 1 amide bonds. The van der Waals surface area contributed by atoms with Gasteiger partial charge in [-0.15, -0.1) is 0 Å². The van der Waals surface area contributed by atoms with Gasteiger partial charge in [-0.05, 0) is 6.42 Å². The molecule has 1 saturated heterocycles. The van der Waals surface area contributed by atoms with Crippen molar-refractivity contribution in [3.05, 3.63) is 0 Å². The fourth-order valence-electron chi connectivity index (χ4n) is 2.20. The van der Waals surface area contributed by atoms with Gasteiger partial charge in [0, 0.05) is 31.0 Å². The summed E-state index contributed by atoms with van der Waals surface area (Å²) in [6, 6.07) is 0. The Morgan fingerprint density at radius 2 is 1.59 bits per heavy atom. The molecule has 0 spiro atoms. The van der Waals surface area contributed by atoms with Crippen LogP contribution in [0.4, 0.5) is 0 Å². The van der Waals surface area contributed by atoms with Gasteiger partial charge in [0.25, 0.3) is 0 Å². The van der Waals surface area contributed by atoms with Gasteiger partial charge in [0.15, 0.2) is 0 Å². The molecule has 1 aliphatic heterocycles. The fraction of sp³-hybridized carbons (Fsp3) is 0.929. The Balaban J connectivity index is 1.92. The van der Waals surface area contributed by atoms with Crippen molar-refractivity contribution in [3.8, 4) is 0 Å². The molecular weight excluding hydrogens is 230 g/mol. The third-order valence-corrected chi connectivity index (χ3v) is 4.30. The second kappa shape index (κ2) is 9.81. The Bertz CT molecular complexity index is 202. The number of carbonyl (C=O) groups is 1. The van der Waals surface area contributed by atoms with Gasteiger partial charge in [-0.25, -0.2) is 0 Å². The number of unbranched alkanes of at least 4 members (excludes halogenated alkanes) is 6. The molecule has 0 N–H and O–H groups in total. The molecule has 0 saturated carbocycles. The molecule has 1 aliphatic rings. The first-order valence-corrected chi connectivity index (χ1v) is 8.35. The second-order valence-electron chi connectivity index (χ2n) is 4.86. The average molecular weight is 257 g/mol. The Labute approximate surface area is 111 Å². The van der Waals surface area contributed by atoms with Gasteiger partial charge in [0.1, 0.15) is 0 Å². The summed E-state index contributed by atoms with van der Waals surface area (Å²) in [4.78, 5) is 13.9. The van der Waals surface area contributed by atoms with Gasteiger partial charge in [-0.2, -0.15) is 11.8 Å². The van der Waals surface area contributed by atoms with Crippen molar-refractivity contribution in [3.63, 3.8) is 0 Å². The highest BCUT2D eigenvalue weighted by atomic mass is 32.2. The van der Waals surface area contributed by atoms with Crippen LogP contribution in [0, 0.1) is 0 Å². The van der Waals surface area contributed by atoms with Gasteiger partial charge in [0.05, 0.1) is 0 Å². The van der Waals surface area contributed by atoms with Gasteiger partial charge in [0.2, 0.25) is 5.91 Å². The van der Waals surface area contributed by atoms with Crippen LogP contribution >= 0.6 is 11.8 Å². The summed E-state index contributed by atoms with van der Waals surface area (Å²) in [5.41, 5.74) is 0. The predicted molar refractivity (Wildman–Crippen MR) is 76.5 cm³/mol. The minimum Gasteiger partial charge on any atom is -0.341 e. The van der Waals surface area contributed by atoms with E-state index in [1.54, 1.807) is 0 Å². The number of rotatable bonds is 8. The third kappa shape index (κ3) is 6.97. The van der Waals surface area contributed by atoms with Crippen LogP contribution in [0.2, 0.25) is 0 Å². The quantitative estimate of drug-likeness (QED) is 0.618. The van der Waals surface area contributed by atoms with Crippen molar-refractivity contribution in [1.29, 1.82) is 0 Å². The number of carbonyl (C=O) groups excluding carboxylic acids is 1. The summed E-state index contributed by atoms with van der Waals surface area (Å²) in [7, 11) is 0. The number of nitrogens with zero attached hydrogens (tertiary/aromatic N) is 1. The zero-order valence-electron chi connectivity index (χ0n) is 11.2. The lowest BCUT2D eigenvalue weighted by Crippen LogP contribution is -2.37. The maximum atomic E-state index is 11.8. The Kier molecular flexibility index (Phi) is 8.59. The van der Waals surface area contributed by atoms with E-state index < -0.39 is 0 Å². The van der Waals surface area contributed by atoms with E-state index in [2.05, 4.69) is 6.92 Å². The Morgan fingerprint density at radius 1 is 1.00 bits per heavy atom. The number of hydrogen-bond donors (Lipinski definition) is 0. The normalized spacial score (nSPS) is 16.2. The summed E-state index contributed by atoms with van der Waals surface area (Å²) in [6.45, 7) is 4.19. The highest BCUT2D eigenvalue weighted by molar-refractivity contribution is 7.99. The van der Waals surface area contributed by atoms with E-state index in [4.69, 9.17) is 0 Å². The molecule has 100 valence electrons. The summed E-state index contributed by atoms with van der Waals surface area (Å²) in [5, 5.41) is 0. The van der Waals surface area contributed by atoms with E-state index in [0.29, 0.717) is 5.91 Å². The molecule has 0 aromatic rings. The zero-order valence-corrected chi connectivity index (χ0v) is 12.1. The molecule has 1 heterocycles. The minimum absolute atomic E-state index is 0.388. The number of thioether (sulfide) groups is 1. The lowest BCUT2D eigenvalue weighted by Gasteiger charge is -2.26. The maximum absolute atomic E-state index is 11.8. The molecule has 2 nitrogen and oxygen atoms in total. The van der Waals surface area contributed by atoms with Crippen molar-refractivity contribution in [2.45, 2.75) is 58.3 Å². The molecule has 17 heavy (non-hydrogen) atoms. The van der Waals surface area contributed by atoms with Gasteiger partial charge >= 0.3 is 0 Å². The standard InChI is InChI=1S/C14H27NOS/c1-2-3-4-5-6-7-8-9-14(16)15-10-12-17-13-11-15/h2-13H2,1H3. The molecule has 1 fully saturated rings. The monoisotopic (exact) mass is 257 g/mol. The molecule has 0 aliphatic carbocycles. The summed E-state index contributed by atoms with van der Waals surface area (Å²) in [6.07, 6.45) is 9.81. The molecule has 0 aromatic heterocycles. The Hall–Kier alpha value is -0.180. The van der Waals surface area contributed by atoms with Crippen LogP contribution in [0.25, 0.3) is 0 Å². The van der Waals surface area contributed by atoms with Crippen LogP contribution in [-0.4, -0.2) is 35.4 Å². The van der Waals surface area contributed by atoms with Crippen LogP contribution in [0.1, 0.15) is 58.3 Å². The van der Waals surface area contributed by atoms with Crippen molar-refractivity contribution < 1.29 is 4.79 Å². The van der Waals surface area contributed by atoms with E-state index in [1.807, 2.05) is 16.7 Å². The van der Waals surface area contributed by atoms with E-state index >= 15 is 0 Å². The Morgan fingerprint density at radius 3 is 2.24 bits per heavy atom. The van der Waals surface area contributed by atoms with Crippen molar-refractivity contribution in [1.82, 2.24) is 4.90 Å². The molecular formula is C14H27NOS. The lowest BCUT2D eigenvalue weighted by atomic mass is 10.1. The van der Waals surface area contributed by atoms with E-state index in [0.717, 1.165) is 37.4 Å². The van der Waals surface area contributed by atoms with E-state index in [9.17, 15) is 4.79 Å². The second-order valence-corrected chi connectivity index (χ2v) is 6.09. The third-order valence-electron chi connectivity index (χ3n) is 3.36. The molecule has 0 aromatic carbocycles. The van der Waals surface area contributed by atoms with E-state index in [-0.39, 0.29) is 0 Å². The highest BCUT2D eigenvalue weighted by Crippen LogP contribution is 2.13. The topological polar surface area (TPSA) is 20.3 Å². The predicted octanol–water partition coefficient (Wildman–Crippen LogP) is 3.70. The molecule has 0 unspecified atom stereocenters. The van der Waals surface area contributed by atoms with Gasteiger partial charge in [-0.1, -0.05) is 45.4 Å². The lowest BCUT2D eigenvalue weighted by molar-refractivity contribution is -0.130. The molecule has 0 bridgehead atoms. The maximum Gasteiger partial charge on any atom is 0.222 e. The summed E-state index contributed by atoms with van der Waals surface area (Å²) in [5.74, 6) is 2.64. The first-order chi connectivity index (χ1) is 8.34. The highest BCUT2D eigenvalue weighted by Gasteiger charge is 2.15. The van der Waals surface area contributed by atoms with Crippen LogP contribution in [-0.2, 0) is 4.79 Å². The van der Waals surface area contributed by atoms with E-state index in [1.165, 1.54) is 38.5 Å². The zero-order chi connectivity index (χ0) is 12.3. The fourth-order valence-corrected chi connectivity index (χ4v) is 3.11. The largest absolute Gasteiger partial charge is 0.341 e. The first-order valence-electron chi connectivity index (χ1n) is 7.20. The minimum atomic E-state index is 0.388. The van der Waals surface area contributed by atoms with Crippen LogP contribution in [0.3, 0.4) is 0 Å². The smallest absolute Gasteiger partial charge is 0.222 e. The van der Waals surface area contributed by atoms with Gasteiger partial charge < -0.3 is 4.90 Å². The first kappa shape index (κ1) is 14.9. The van der Waals surface area contributed by atoms with Crippen LogP contribution < -0.4 is 0 Å². The van der Waals surface area contributed by atoms with Crippen molar-refractivity contribution in [2.75, 3.05) is 24.6 Å². The number of hydrogen-bond acceptors (Lipinski definition) is 2. The summed E-state index contributed by atoms with van der Waals surface area (Å²) >= 11 is 1.96. The average Bonchev–Trinajstić information content (AvgIpc) is 2.38. The van der Waals surface area contributed by atoms with Crippen LogP contribution in [0.15, 0.2) is 0 Å². The van der Waals surface area contributed by atoms with Crippen LogP contribution in [0.5, 0.6) is 0 Å². The van der Waals surface area contributed by atoms with Gasteiger partial charge in [-0.3, -0.25) is 4.79 Å². The number of amides is 1. The molecule has 1 rings (SSSR count). The summed E-state index contributed by atoms with van der Waals surface area (Å²) < 4.78 is 0. The van der Waals surface area contributed by atoms with Crippen molar-refractivity contribution in [2.24, 2.45) is 0 Å².